The molecule has 0 aliphatic carbocycles. The Morgan fingerprint density at radius 2 is 1.86 bits per heavy atom. The highest BCUT2D eigenvalue weighted by molar-refractivity contribution is 5.85. The molecule has 112 valence electrons. The van der Waals surface area contributed by atoms with Crippen molar-refractivity contribution in [1.82, 2.24) is 9.47 Å². The Morgan fingerprint density at radius 1 is 1.10 bits per heavy atom. The minimum atomic E-state index is 0.223. The SMILES string of the molecule is NCc1cccc2ccn(CC(=O)N3CCCCCC3)c12. The molecule has 1 aliphatic rings. The molecule has 1 aromatic carbocycles. The summed E-state index contributed by atoms with van der Waals surface area (Å²) in [5, 5.41) is 1.15. The minimum Gasteiger partial charge on any atom is -0.341 e. The third kappa shape index (κ3) is 2.95. The monoisotopic (exact) mass is 285 g/mol. The van der Waals surface area contributed by atoms with Crippen LogP contribution in [0.5, 0.6) is 0 Å². The van der Waals surface area contributed by atoms with E-state index in [-0.39, 0.29) is 5.91 Å². The van der Waals surface area contributed by atoms with Gasteiger partial charge in [-0.1, -0.05) is 31.0 Å². The van der Waals surface area contributed by atoms with E-state index in [2.05, 4.69) is 12.1 Å². The van der Waals surface area contributed by atoms with Crippen LogP contribution >= 0.6 is 0 Å². The summed E-state index contributed by atoms with van der Waals surface area (Å²) >= 11 is 0. The molecule has 1 amide bonds. The van der Waals surface area contributed by atoms with Crippen LogP contribution in [0.2, 0.25) is 0 Å². The quantitative estimate of drug-likeness (QED) is 0.942. The standard InChI is InChI=1S/C17H23N3O/c18-12-15-7-5-6-14-8-11-20(17(14)15)13-16(21)19-9-3-1-2-4-10-19/h5-8,11H,1-4,9-10,12-13,18H2. The Bertz CT molecular complexity index is 624. The Hall–Kier alpha value is -1.81. The number of benzene rings is 1. The molecule has 3 rings (SSSR count). The van der Waals surface area contributed by atoms with Crippen molar-refractivity contribution in [2.24, 2.45) is 5.73 Å². The average molecular weight is 285 g/mol. The lowest BCUT2D eigenvalue weighted by atomic mass is 10.1. The second kappa shape index (κ2) is 6.31. The van der Waals surface area contributed by atoms with Gasteiger partial charge in [0, 0.05) is 25.8 Å². The van der Waals surface area contributed by atoms with Crippen LogP contribution in [0.1, 0.15) is 31.2 Å². The third-order valence-electron chi connectivity index (χ3n) is 4.36. The number of likely N-dealkylation sites (tertiary alicyclic amines) is 1. The lowest BCUT2D eigenvalue weighted by Crippen LogP contribution is -2.34. The summed E-state index contributed by atoms with van der Waals surface area (Å²) in [7, 11) is 0. The molecular formula is C17H23N3O. The van der Waals surface area contributed by atoms with E-state index in [1.54, 1.807) is 0 Å². The van der Waals surface area contributed by atoms with Crippen molar-refractivity contribution < 1.29 is 4.79 Å². The van der Waals surface area contributed by atoms with Crippen LogP contribution < -0.4 is 5.73 Å². The van der Waals surface area contributed by atoms with E-state index >= 15 is 0 Å². The summed E-state index contributed by atoms with van der Waals surface area (Å²) in [5.74, 6) is 0.223. The first-order valence-corrected chi connectivity index (χ1v) is 7.84. The van der Waals surface area contributed by atoms with Crippen molar-refractivity contribution in [3.8, 4) is 0 Å². The molecule has 2 aromatic rings. The van der Waals surface area contributed by atoms with E-state index in [0.717, 1.165) is 42.4 Å². The molecular weight excluding hydrogens is 262 g/mol. The summed E-state index contributed by atoms with van der Waals surface area (Å²) in [6.45, 7) is 2.73. The van der Waals surface area contributed by atoms with Crippen LogP contribution in [0, 0.1) is 0 Å². The highest BCUT2D eigenvalue weighted by atomic mass is 16.2. The average Bonchev–Trinajstić information content (AvgIpc) is 2.75. The van der Waals surface area contributed by atoms with Gasteiger partial charge in [0.1, 0.15) is 6.54 Å². The zero-order chi connectivity index (χ0) is 14.7. The fourth-order valence-electron chi connectivity index (χ4n) is 3.20. The smallest absolute Gasteiger partial charge is 0.242 e. The molecule has 0 saturated carbocycles. The van der Waals surface area contributed by atoms with Crippen LogP contribution in [-0.2, 0) is 17.9 Å². The molecule has 0 unspecified atom stereocenters. The largest absolute Gasteiger partial charge is 0.341 e. The van der Waals surface area contributed by atoms with Crippen molar-refractivity contribution in [3.63, 3.8) is 0 Å². The Labute approximate surface area is 125 Å². The molecule has 2 heterocycles. The van der Waals surface area contributed by atoms with Gasteiger partial charge in [0.2, 0.25) is 5.91 Å². The highest BCUT2D eigenvalue weighted by Crippen LogP contribution is 2.20. The Balaban J connectivity index is 1.82. The van der Waals surface area contributed by atoms with Crippen molar-refractivity contribution in [1.29, 1.82) is 0 Å². The molecule has 0 radical (unpaired) electrons. The number of para-hydroxylation sites is 1. The summed E-state index contributed by atoms with van der Waals surface area (Å²) in [6, 6.07) is 8.19. The maximum atomic E-state index is 12.5. The number of rotatable bonds is 3. The summed E-state index contributed by atoms with van der Waals surface area (Å²) in [4.78, 5) is 14.6. The molecule has 1 aliphatic heterocycles. The van der Waals surface area contributed by atoms with E-state index in [9.17, 15) is 4.79 Å². The van der Waals surface area contributed by atoms with E-state index in [1.807, 2.05) is 27.8 Å². The van der Waals surface area contributed by atoms with E-state index in [4.69, 9.17) is 5.73 Å². The molecule has 0 spiro atoms. The summed E-state index contributed by atoms with van der Waals surface area (Å²) < 4.78 is 2.05. The van der Waals surface area contributed by atoms with E-state index in [1.165, 1.54) is 12.8 Å². The molecule has 4 heteroatoms. The minimum absolute atomic E-state index is 0.223. The lowest BCUT2D eigenvalue weighted by molar-refractivity contribution is -0.131. The van der Waals surface area contributed by atoms with Crippen molar-refractivity contribution in [2.75, 3.05) is 13.1 Å². The Kier molecular flexibility index (Phi) is 4.25. The van der Waals surface area contributed by atoms with Gasteiger partial charge in [-0.25, -0.2) is 0 Å². The van der Waals surface area contributed by atoms with Gasteiger partial charge < -0.3 is 15.2 Å². The van der Waals surface area contributed by atoms with Crippen LogP contribution in [0.4, 0.5) is 0 Å². The molecule has 1 aromatic heterocycles. The lowest BCUT2D eigenvalue weighted by Gasteiger charge is -2.21. The maximum Gasteiger partial charge on any atom is 0.242 e. The number of nitrogens with two attached hydrogens (primary N) is 1. The molecule has 1 saturated heterocycles. The molecule has 4 nitrogen and oxygen atoms in total. The number of nitrogens with zero attached hydrogens (tertiary/aromatic N) is 2. The molecule has 2 N–H and O–H groups in total. The summed E-state index contributed by atoms with van der Waals surface area (Å²) in [6.07, 6.45) is 6.75. The van der Waals surface area contributed by atoms with Gasteiger partial charge in [-0.3, -0.25) is 4.79 Å². The molecule has 21 heavy (non-hydrogen) atoms. The van der Waals surface area contributed by atoms with Gasteiger partial charge in [-0.15, -0.1) is 0 Å². The number of carbonyl (C=O) groups is 1. The van der Waals surface area contributed by atoms with Crippen molar-refractivity contribution in [2.45, 2.75) is 38.8 Å². The third-order valence-corrected chi connectivity index (χ3v) is 4.36. The van der Waals surface area contributed by atoms with E-state index in [0.29, 0.717) is 13.1 Å². The van der Waals surface area contributed by atoms with Crippen molar-refractivity contribution in [3.05, 3.63) is 36.0 Å². The van der Waals surface area contributed by atoms with Gasteiger partial charge in [0.05, 0.1) is 5.52 Å². The van der Waals surface area contributed by atoms with Crippen molar-refractivity contribution >= 4 is 16.8 Å². The van der Waals surface area contributed by atoms with Crippen LogP contribution in [0.3, 0.4) is 0 Å². The molecule has 1 fully saturated rings. The van der Waals surface area contributed by atoms with Crippen LogP contribution in [0.25, 0.3) is 10.9 Å². The highest BCUT2D eigenvalue weighted by Gasteiger charge is 2.17. The van der Waals surface area contributed by atoms with Gasteiger partial charge in [-0.2, -0.15) is 0 Å². The fourth-order valence-corrected chi connectivity index (χ4v) is 3.20. The number of carbonyl (C=O) groups excluding carboxylic acids is 1. The first-order valence-electron chi connectivity index (χ1n) is 7.84. The molecule has 0 bridgehead atoms. The van der Waals surface area contributed by atoms with Gasteiger partial charge in [0.15, 0.2) is 0 Å². The number of hydrogen-bond donors (Lipinski definition) is 1. The normalized spacial score (nSPS) is 16.1. The number of hydrogen-bond acceptors (Lipinski definition) is 2. The molecule has 0 atom stereocenters. The predicted octanol–water partition coefficient (Wildman–Crippen LogP) is 2.50. The topological polar surface area (TPSA) is 51.3 Å². The van der Waals surface area contributed by atoms with Gasteiger partial charge in [-0.05, 0) is 29.9 Å². The number of amides is 1. The second-order valence-corrected chi connectivity index (χ2v) is 5.80. The first-order chi connectivity index (χ1) is 10.3. The maximum absolute atomic E-state index is 12.5. The first kappa shape index (κ1) is 14.1. The predicted molar refractivity (Wildman–Crippen MR) is 84.9 cm³/mol. The number of aromatic nitrogens is 1. The van der Waals surface area contributed by atoms with E-state index < -0.39 is 0 Å². The summed E-state index contributed by atoms with van der Waals surface area (Å²) in [5.41, 5.74) is 8.03. The van der Waals surface area contributed by atoms with Gasteiger partial charge >= 0.3 is 0 Å². The van der Waals surface area contributed by atoms with Crippen LogP contribution in [0.15, 0.2) is 30.5 Å². The zero-order valence-corrected chi connectivity index (χ0v) is 12.4. The Morgan fingerprint density at radius 3 is 2.57 bits per heavy atom. The second-order valence-electron chi connectivity index (χ2n) is 5.80. The fraction of sp³-hybridized carbons (Fsp3) is 0.471. The number of fused-ring (bicyclic) bond motifs is 1. The van der Waals surface area contributed by atoms with Crippen LogP contribution in [-0.4, -0.2) is 28.5 Å². The van der Waals surface area contributed by atoms with Gasteiger partial charge in [0.25, 0.3) is 0 Å². The zero-order valence-electron chi connectivity index (χ0n) is 12.4.